The van der Waals surface area contributed by atoms with Crippen LogP contribution in [-0.4, -0.2) is 36.8 Å². The van der Waals surface area contributed by atoms with Crippen molar-refractivity contribution >= 4 is 45.7 Å². The zero-order chi connectivity index (χ0) is 20.6. The van der Waals surface area contributed by atoms with Gasteiger partial charge in [-0.05, 0) is 36.4 Å². The van der Waals surface area contributed by atoms with E-state index in [1.54, 1.807) is 41.9 Å². The first-order valence-electron chi connectivity index (χ1n) is 8.55. The molecule has 1 aromatic heterocycles. The third-order valence-electron chi connectivity index (χ3n) is 3.82. The fourth-order valence-electron chi connectivity index (χ4n) is 2.49. The van der Waals surface area contributed by atoms with Gasteiger partial charge in [0.15, 0.2) is 5.13 Å². The number of hydrogen-bond acceptors (Lipinski definition) is 7. The average molecular weight is 430 g/mol. The van der Waals surface area contributed by atoms with Crippen LogP contribution in [0.25, 0.3) is 0 Å². The van der Waals surface area contributed by atoms with Crippen LogP contribution < -0.4 is 20.1 Å². The van der Waals surface area contributed by atoms with Crippen LogP contribution in [0.4, 0.5) is 10.8 Å². The second-order valence-corrected chi connectivity index (χ2v) is 7.63. The second-order valence-electron chi connectivity index (χ2n) is 5.69. The number of thioether (sulfide) groups is 1. The summed E-state index contributed by atoms with van der Waals surface area (Å²) in [7, 11) is 3.00. The Morgan fingerprint density at radius 1 is 1.03 bits per heavy atom. The molecule has 2 aromatic carbocycles. The molecule has 0 radical (unpaired) electrons. The van der Waals surface area contributed by atoms with Gasteiger partial charge in [0, 0.05) is 22.2 Å². The van der Waals surface area contributed by atoms with E-state index in [9.17, 15) is 9.59 Å². The van der Waals surface area contributed by atoms with Crippen LogP contribution in [0.5, 0.6) is 11.5 Å². The van der Waals surface area contributed by atoms with E-state index in [1.807, 2.05) is 12.1 Å². The van der Waals surface area contributed by atoms with Crippen LogP contribution in [-0.2, 0) is 4.79 Å². The Bertz CT molecular complexity index is 954. The number of carbonyl (C=O) groups excluding carboxylic acids is 2. The van der Waals surface area contributed by atoms with Crippen molar-refractivity contribution in [1.82, 2.24) is 4.98 Å². The Morgan fingerprint density at radius 3 is 2.31 bits per heavy atom. The lowest BCUT2D eigenvalue weighted by Crippen LogP contribution is -2.14. The number of ether oxygens (including phenoxy) is 2. The molecule has 0 saturated heterocycles. The molecule has 0 aliphatic carbocycles. The molecule has 0 atom stereocenters. The largest absolute Gasteiger partial charge is 0.496 e. The van der Waals surface area contributed by atoms with Crippen molar-refractivity contribution in [2.24, 2.45) is 0 Å². The van der Waals surface area contributed by atoms with Crippen molar-refractivity contribution in [3.05, 3.63) is 59.6 Å². The maximum Gasteiger partial charge on any atom is 0.263 e. The summed E-state index contributed by atoms with van der Waals surface area (Å²) < 4.78 is 10.5. The highest BCUT2D eigenvalue weighted by molar-refractivity contribution is 8.00. The van der Waals surface area contributed by atoms with Crippen LogP contribution in [0.2, 0.25) is 0 Å². The van der Waals surface area contributed by atoms with Gasteiger partial charge in [-0.3, -0.25) is 9.59 Å². The predicted octanol–water partition coefficient (Wildman–Crippen LogP) is 4.14. The topological polar surface area (TPSA) is 89.5 Å². The maximum absolute atomic E-state index is 12.7. The summed E-state index contributed by atoms with van der Waals surface area (Å²) in [6.45, 7) is 0. The van der Waals surface area contributed by atoms with Gasteiger partial charge in [-0.1, -0.05) is 6.07 Å². The number of benzene rings is 2. The van der Waals surface area contributed by atoms with E-state index < -0.39 is 0 Å². The predicted molar refractivity (Wildman–Crippen MR) is 115 cm³/mol. The minimum atomic E-state index is -0.331. The van der Waals surface area contributed by atoms with Crippen LogP contribution in [0.1, 0.15) is 10.4 Å². The van der Waals surface area contributed by atoms with Gasteiger partial charge < -0.3 is 20.1 Å². The Balaban J connectivity index is 1.59. The molecular weight excluding hydrogens is 410 g/mol. The van der Waals surface area contributed by atoms with Gasteiger partial charge in [-0.15, -0.1) is 23.1 Å². The van der Waals surface area contributed by atoms with Gasteiger partial charge in [0.1, 0.15) is 17.1 Å². The van der Waals surface area contributed by atoms with Crippen LogP contribution in [0.3, 0.4) is 0 Å². The standard InChI is InChI=1S/C20H19N3O4S2/c1-26-15-4-3-5-16(27-2)18(15)19(25)22-13-6-8-14(9-7-13)29-12-17(24)23-20-21-10-11-28-20/h3-11H,12H2,1-2H3,(H,22,25)(H,21,23,24). The molecule has 0 aliphatic heterocycles. The molecule has 2 N–H and O–H groups in total. The maximum atomic E-state index is 12.7. The summed E-state index contributed by atoms with van der Waals surface area (Å²) in [4.78, 5) is 29.5. The molecule has 7 nitrogen and oxygen atoms in total. The molecule has 3 aromatic rings. The van der Waals surface area contributed by atoms with E-state index in [0.717, 1.165) is 4.90 Å². The number of anilines is 2. The summed E-state index contributed by atoms with van der Waals surface area (Å²) in [5.74, 6) is 0.678. The highest BCUT2D eigenvalue weighted by Gasteiger charge is 2.18. The summed E-state index contributed by atoms with van der Waals surface area (Å²) in [6, 6.07) is 12.4. The normalized spacial score (nSPS) is 10.3. The van der Waals surface area contributed by atoms with E-state index in [2.05, 4.69) is 15.6 Å². The Kier molecular flexibility index (Phi) is 7.09. The van der Waals surface area contributed by atoms with Crippen molar-refractivity contribution in [3.63, 3.8) is 0 Å². The van der Waals surface area contributed by atoms with Crippen LogP contribution >= 0.6 is 23.1 Å². The first-order chi connectivity index (χ1) is 14.1. The molecule has 0 bridgehead atoms. The lowest BCUT2D eigenvalue weighted by molar-refractivity contribution is -0.113. The molecule has 9 heteroatoms. The summed E-state index contributed by atoms with van der Waals surface area (Å²) in [5.41, 5.74) is 0.953. The van der Waals surface area contributed by atoms with Crippen LogP contribution in [0.15, 0.2) is 58.9 Å². The fraction of sp³-hybridized carbons (Fsp3) is 0.150. The zero-order valence-corrected chi connectivity index (χ0v) is 17.4. The Morgan fingerprint density at radius 2 is 1.72 bits per heavy atom. The van der Waals surface area contributed by atoms with E-state index in [0.29, 0.717) is 27.9 Å². The van der Waals surface area contributed by atoms with E-state index in [-0.39, 0.29) is 17.6 Å². The van der Waals surface area contributed by atoms with Gasteiger partial charge in [0.05, 0.1) is 20.0 Å². The lowest BCUT2D eigenvalue weighted by atomic mass is 10.1. The molecular formula is C20H19N3O4S2. The van der Waals surface area contributed by atoms with Gasteiger partial charge in [0.25, 0.3) is 5.91 Å². The van der Waals surface area contributed by atoms with Crippen molar-refractivity contribution in [3.8, 4) is 11.5 Å². The number of rotatable bonds is 8. The molecule has 0 fully saturated rings. The number of carbonyl (C=O) groups is 2. The molecule has 2 amide bonds. The van der Waals surface area contributed by atoms with Crippen LogP contribution in [0, 0.1) is 0 Å². The van der Waals surface area contributed by atoms with E-state index in [4.69, 9.17) is 9.47 Å². The molecule has 3 rings (SSSR count). The number of amides is 2. The summed E-state index contributed by atoms with van der Waals surface area (Å²) >= 11 is 2.77. The molecule has 29 heavy (non-hydrogen) atoms. The number of nitrogens with one attached hydrogen (secondary N) is 2. The minimum Gasteiger partial charge on any atom is -0.496 e. The SMILES string of the molecule is COc1cccc(OC)c1C(=O)Nc1ccc(SCC(=O)Nc2nccs2)cc1. The smallest absolute Gasteiger partial charge is 0.263 e. The molecule has 0 aliphatic rings. The number of nitrogens with zero attached hydrogens (tertiary/aromatic N) is 1. The fourth-order valence-corrected chi connectivity index (χ4v) is 3.74. The average Bonchev–Trinajstić information content (AvgIpc) is 3.25. The second kappa shape index (κ2) is 9.94. The highest BCUT2D eigenvalue weighted by atomic mass is 32.2. The third kappa shape index (κ3) is 5.49. The highest BCUT2D eigenvalue weighted by Crippen LogP contribution is 2.29. The Hall–Kier alpha value is -3.04. The number of methoxy groups -OCH3 is 2. The van der Waals surface area contributed by atoms with Gasteiger partial charge in [-0.2, -0.15) is 0 Å². The van der Waals surface area contributed by atoms with Crippen molar-refractivity contribution in [2.75, 3.05) is 30.6 Å². The summed E-state index contributed by atoms with van der Waals surface area (Å²) in [6.07, 6.45) is 1.64. The number of hydrogen-bond donors (Lipinski definition) is 2. The molecule has 0 spiro atoms. The molecule has 1 heterocycles. The van der Waals surface area contributed by atoms with E-state index >= 15 is 0 Å². The van der Waals surface area contributed by atoms with Gasteiger partial charge in [-0.25, -0.2) is 4.98 Å². The lowest BCUT2D eigenvalue weighted by Gasteiger charge is -2.13. The number of aromatic nitrogens is 1. The molecule has 0 unspecified atom stereocenters. The van der Waals surface area contributed by atoms with Gasteiger partial charge in [0.2, 0.25) is 5.91 Å². The van der Waals surface area contributed by atoms with Gasteiger partial charge >= 0.3 is 0 Å². The van der Waals surface area contributed by atoms with Crippen molar-refractivity contribution in [1.29, 1.82) is 0 Å². The zero-order valence-electron chi connectivity index (χ0n) is 15.8. The minimum absolute atomic E-state index is 0.120. The third-order valence-corrected chi connectivity index (χ3v) is 5.52. The quantitative estimate of drug-likeness (QED) is 0.523. The van der Waals surface area contributed by atoms with Crippen molar-refractivity contribution < 1.29 is 19.1 Å². The number of thiazole rings is 1. The molecule has 0 saturated carbocycles. The first kappa shape index (κ1) is 20.7. The first-order valence-corrected chi connectivity index (χ1v) is 10.4. The summed E-state index contributed by atoms with van der Waals surface area (Å²) in [5, 5.41) is 7.96. The monoisotopic (exact) mass is 429 g/mol. The Labute approximate surface area is 176 Å². The van der Waals surface area contributed by atoms with E-state index in [1.165, 1.54) is 37.3 Å². The molecule has 150 valence electrons. The van der Waals surface area contributed by atoms with Crippen molar-refractivity contribution in [2.45, 2.75) is 4.90 Å².